The highest BCUT2D eigenvalue weighted by atomic mass is 16.5. The third-order valence-electron chi connectivity index (χ3n) is 7.46. The number of hydrogen-bond acceptors (Lipinski definition) is 5. The number of nitrogens with one attached hydrogen (secondary N) is 2. The molecule has 0 fully saturated rings. The van der Waals surface area contributed by atoms with Crippen molar-refractivity contribution in [1.82, 2.24) is 15.2 Å². The summed E-state index contributed by atoms with van der Waals surface area (Å²) in [4.78, 5) is 48.8. The predicted molar refractivity (Wildman–Crippen MR) is 153 cm³/mol. The van der Waals surface area contributed by atoms with Crippen LogP contribution in [0.1, 0.15) is 35.4 Å². The van der Waals surface area contributed by atoms with Crippen LogP contribution in [0.25, 0.3) is 22.0 Å². The molecule has 3 aromatic carbocycles. The maximum absolute atomic E-state index is 13.3. The van der Waals surface area contributed by atoms with Gasteiger partial charge < -0.3 is 25.0 Å². The molecule has 9 heteroatoms. The number of nitrogens with zero attached hydrogens (tertiary/aromatic N) is 1. The summed E-state index contributed by atoms with van der Waals surface area (Å²) in [5.74, 6) is -1.88. The number of para-hydroxylation sites is 1. The van der Waals surface area contributed by atoms with Crippen molar-refractivity contribution in [2.24, 2.45) is 7.05 Å². The van der Waals surface area contributed by atoms with Gasteiger partial charge in [-0.05, 0) is 40.3 Å². The van der Waals surface area contributed by atoms with Crippen molar-refractivity contribution < 1.29 is 29.0 Å². The van der Waals surface area contributed by atoms with Gasteiger partial charge in [-0.2, -0.15) is 0 Å². The van der Waals surface area contributed by atoms with Crippen LogP contribution in [-0.2, 0) is 32.6 Å². The average Bonchev–Trinajstić information content (AvgIpc) is 3.47. The number of hydrogen-bond donors (Lipinski definition) is 3. The minimum absolute atomic E-state index is 0.0752. The number of aromatic nitrogens is 1. The number of aliphatic carboxylic acids is 1. The Labute approximate surface area is 237 Å². The third-order valence-corrected chi connectivity index (χ3v) is 7.46. The lowest BCUT2D eigenvalue weighted by Crippen LogP contribution is -2.51. The number of alkyl carbamates (subject to hydrolysis) is 1. The summed E-state index contributed by atoms with van der Waals surface area (Å²) in [5.41, 5.74) is 6.11. The maximum Gasteiger partial charge on any atom is 0.407 e. The summed E-state index contributed by atoms with van der Waals surface area (Å²) in [6.07, 6.45) is 2.50. The first kappa shape index (κ1) is 27.6. The van der Waals surface area contributed by atoms with E-state index in [0.717, 1.165) is 38.7 Å². The summed E-state index contributed by atoms with van der Waals surface area (Å²) in [7, 11) is 1.89. The van der Waals surface area contributed by atoms with E-state index >= 15 is 0 Å². The number of rotatable bonds is 11. The zero-order valence-corrected chi connectivity index (χ0v) is 22.5. The van der Waals surface area contributed by atoms with Crippen molar-refractivity contribution in [3.05, 3.63) is 95.7 Å². The van der Waals surface area contributed by atoms with E-state index in [2.05, 4.69) is 10.6 Å². The summed E-state index contributed by atoms with van der Waals surface area (Å²) in [6, 6.07) is 21.5. The van der Waals surface area contributed by atoms with Crippen molar-refractivity contribution in [3.63, 3.8) is 0 Å². The van der Waals surface area contributed by atoms with Crippen molar-refractivity contribution in [1.29, 1.82) is 0 Å². The van der Waals surface area contributed by atoms with Crippen LogP contribution in [0.3, 0.4) is 0 Å². The number of fused-ring (bicyclic) bond motifs is 4. The molecule has 0 bridgehead atoms. The number of carbonyl (C=O) groups is 3. The number of carboxylic acid groups (broad SMARTS) is 1. The van der Waals surface area contributed by atoms with E-state index in [4.69, 9.17) is 9.84 Å². The lowest BCUT2D eigenvalue weighted by molar-refractivity contribution is -0.137. The molecule has 0 spiro atoms. The Balaban J connectivity index is 1.33. The SMILES string of the molecule is Cn1cc(C[C@H](NC(=O)OCC2c3ccccc3-c3ccccc32)C(=O)N[C@H]([C]=O)CCC(=O)O)c2ccccc21. The largest absolute Gasteiger partial charge is 0.481 e. The molecule has 41 heavy (non-hydrogen) atoms. The molecule has 1 aromatic heterocycles. The van der Waals surface area contributed by atoms with E-state index in [1.54, 1.807) is 6.29 Å². The first-order valence-corrected chi connectivity index (χ1v) is 13.4. The minimum atomic E-state index is -1.13. The Bertz CT molecular complexity index is 1560. The van der Waals surface area contributed by atoms with Gasteiger partial charge in [0.15, 0.2) is 0 Å². The number of aryl methyl sites for hydroxylation is 1. The van der Waals surface area contributed by atoms with Crippen LogP contribution in [0, 0.1) is 0 Å². The van der Waals surface area contributed by atoms with Crippen LogP contribution in [-0.4, -0.2) is 52.6 Å². The molecule has 0 aliphatic heterocycles. The first-order chi connectivity index (χ1) is 19.9. The fourth-order valence-electron chi connectivity index (χ4n) is 5.50. The van der Waals surface area contributed by atoms with Gasteiger partial charge in [-0.3, -0.25) is 14.4 Å². The van der Waals surface area contributed by atoms with Crippen molar-refractivity contribution in [3.8, 4) is 11.1 Å². The minimum Gasteiger partial charge on any atom is -0.481 e. The van der Waals surface area contributed by atoms with Crippen LogP contribution < -0.4 is 10.6 Å². The predicted octanol–water partition coefficient (Wildman–Crippen LogP) is 4.09. The van der Waals surface area contributed by atoms with Gasteiger partial charge in [-0.1, -0.05) is 66.7 Å². The summed E-state index contributed by atoms with van der Waals surface area (Å²) >= 11 is 0. The van der Waals surface area contributed by atoms with Crippen molar-refractivity contribution >= 4 is 35.2 Å². The molecule has 2 amide bonds. The topological polar surface area (TPSA) is 127 Å². The van der Waals surface area contributed by atoms with Crippen molar-refractivity contribution in [2.45, 2.75) is 37.3 Å². The molecule has 0 saturated heterocycles. The molecule has 4 aromatic rings. The maximum atomic E-state index is 13.3. The number of carbonyl (C=O) groups excluding carboxylic acids is 3. The summed E-state index contributed by atoms with van der Waals surface area (Å²) in [6.45, 7) is 0.0752. The zero-order valence-electron chi connectivity index (χ0n) is 22.5. The molecule has 3 N–H and O–H groups in total. The molecule has 1 aliphatic rings. The smallest absolute Gasteiger partial charge is 0.407 e. The van der Waals surface area contributed by atoms with E-state index in [1.165, 1.54) is 0 Å². The quantitative estimate of drug-likeness (QED) is 0.257. The highest BCUT2D eigenvalue weighted by Gasteiger charge is 2.30. The summed E-state index contributed by atoms with van der Waals surface area (Å²) < 4.78 is 7.60. The number of amides is 2. The Kier molecular flexibility index (Phi) is 8.14. The van der Waals surface area contributed by atoms with Crippen LogP contribution >= 0.6 is 0 Å². The molecular formula is C32H30N3O6. The first-order valence-electron chi connectivity index (χ1n) is 13.4. The second-order valence-corrected chi connectivity index (χ2v) is 10.1. The number of benzene rings is 3. The molecule has 209 valence electrons. The second kappa shape index (κ2) is 12.1. The van der Waals surface area contributed by atoms with E-state index in [9.17, 15) is 19.2 Å². The number of ether oxygens (including phenoxy) is 1. The standard InChI is InChI=1S/C32H30N3O6/c1-35-17-20(22-8-6-7-13-29(22)35)16-28(31(39)33-21(18-36)14-15-30(37)38)34-32(40)41-19-27-25-11-4-2-9-23(25)24-10-3-5-12-26(24)27/h2-13,17,21,27-28H,14-16,19H2,1H3,(H,33,39)(H,34,40)(H,37,38)/t21-,28-/m0/s1. The molecule has 1 heterocycles. The summed E-state index contributed by atoms with van der Waals surface area (Å²) in [5, 5.41) is 15.1. The van der Waals surface area contributed by atoms with Crippen LogP contribution in [0.4, 0.5) is 4.79 Å². The van der Waals surface area contributed by atoms with Gasteiger partial charge in [0.05, 0.1) is 6.04 Å². The van der Waals surface area contributed by atoms with Crippen LogP contribution in [0.2, 0.25) is 0 Å². The molecule has 5 rings (SSSR count). The average molecular weight is 553 g/mol. The van der Waals surface area contributed by atoms with E-state index in [1.807, 2.05) is 90.6 Å². The highest BCUT2D eigenvalue weighted by molar-refractivity contribution is 5.90. The molecule has 0 unspecified atom stereocenters. The van der Waals surface area contributed by atoms with Gasteiger partial charge >= 0.3 is 12.1 Å². The van der Waals surface area contributed by atoms with Crippen LogP contribution in [0.15, 0.2) is 79.0 Å². The highest BCUT2D eigenvalue weighted by Crippen LogP contribution is 2.44. The van der Waals surface area contributed by atoms with E-state index < -0.39 is 30.1 Å². The van der Waals surface area contributed by atoms with Crippen molar-refractivity contribution in [2.75, 3.05) is 6.61 Å². The number of carboxylic acids is 1. The molecule has 1 aliphatic carbocycles. The fourth-order valence-corrected chi connectivity index (χ4v) is 5.50. The van der Waals surface area contributed by atoms with Gasteiger partial charge in [-0.15, -0.1) is 0 Å². The molecule has 9 nitrogen and oxygen atoms in total. The zero-order chi connectivity index (χ0) is 28.9. The van der Waals surface area contributed by atoms with Gasteiger partial charge in [0.1, 0.15) is 12.6 Å². The van der Waals surface area contributed by atoms with Gasteiger partial charge in [0.25, 0.3) is 0 Å². The Hall–Kier alpha value is -4.92. The lowest BCUT2D eigenvalue weighted by Gasteiger charge is -2.21. The molecule has 2 atom stereocenters. The normalized spacial score (nSPS) is 13.6. The van der Waals surface area contributed by atoms with Gasteiger partial charge in [-0.25, -0.2) is 4.79 Å². The van der Waals surface area contributed by atoms with E-state index in [0.29, 0.717) is 0 Å². The fraction of sp³-hybridized carbons (Fsp3) is 0.250. The Morgan fingerprint density at radius 1 is 0.951 bits per heavy atom. The van der Waals surface area contributed by atoms with Crippen LogP contribution in [0.5, 0.6) is 0 Å². The second-order valence-electron chi connectivity index (χ2n) is 10.1. The third kappa shape index (κ3) is 5.99. The lowest BCUT2D eigenvalue weighted by atomic mass is 9.98. The Morgan fingerprint density at radius 3 is 2.24 bits per heavy atom. The van der Waals surface area contributed by atoms with Gasteiger partial charge in [0.2, 0.25) is 12.2 Å². The van der Waals surface area contributed by atoms with Gasteiger partial charge in [0, 0.05) is 42.9 Å². The molecule has 1 radical (unpaired) electrons. The Morgan fingerprint density at radius 2 is 1.59 bits per heavy atom. The molecular weight excluding hydrogens is 522 g/mol. The molecule has 0 saturated carbocycles. The van der Waals surface area contributed by atoms with E-state index in [-0.39, 0.29) is 31.8 Å². The monoisotopic (exact) mass is 552 g/mol.